The fourth-order valence-corrected chi connectivity index (χ4v) is 2.19. The Kier molecular flexibility index (Phi) is 7.46. The summed E-state index contributed by atoms with van der Waals surface area (Å²) < 4.78 is 0. The first kappa shape index (κ1) is 17.2. The van der Waals surface area contributed by atoms with Gasteiger partial charge in [0.2, 0.25) is 5.91 Å². The van der Waals surface area contributed by atoms with Crippen LogP contribution in [-0.2, 0) is 16.1 Å². The number of amides is 1. The number of likely N-dealkylation sites (N-methyl/N-ethyl adjacent to an activating group) is 1. The highest BCUT2D eigenvalue weighted by molar-refractivity contribution is 5.79. The predicted octanol–water partition coefficient (Wildman–Crippen LogP) is 1.83. The van der Waals surface area contributed by atoms with Gasteiger partial charge in [0.1, 0.15) is 0 Å². The van der Waals surface area contributed by atoms with Gasteiger partial charge in [0.15, 0.2) is 0 Å². The minimum absolute atomic E-state index is 0.0314. The maximum Gasteiger partial charge on any atom is 0.317 e. The lowest BCUT2D eigenvalue weighted by Gasteiger charge is -2.25. The highest BCUT2D eigenvalue weighted by Gasteiger charge is 2.17. The van der Waals surface area contributed by atoms with Crippen LogP contribution in [-0.4, -0.2) is 53.0 Å². The van der Waals surface area contributed by atoms with Crippen molar-refractivity contribution in [2.45, 2.75) is 26.8 Å². The first-order valence-corrected chi connectivity index (χ1v) is 7.32. The van der Waals surface area contributed by atoms with Crippen molar-refractivity contribution in [2.24, 2.45) is 0 Å². The molecule has 0 aromatic heterocycles. The number of hydrogen-bond donors (Lipinski definition) is 1. The Hall–Kier alpha value is -1.88. The number of carboxylic acid groups (broad SMARTS) is 1. The van der Waals surface area contributed by atoms with Crippen LogP contribution in [0.3, 0.4) is 0 Å². The highest BCUT2D eigenvalue weighted by atomic mass is 16.4. The van der Waals surface area contributed by atoms with Gasteiger partial charge in [-0.1, -0.05) is 37.3 Å². The standard InChI is InChI=1S/C16H24N2O3/c1-3-10-17(13-16(20)21)12-15(19)18(4-2)11-14-8-6-5-7-9-14/h5-9H,3-4,10-13H2,1-2H3,(H,20,21). The molecule has 1 aromatic carbocycles. The van der Waals surface area contributed by atoms with Crippen molar-refractivity contribution in [1.82, 2.24) is 9.80 Å². The van der Waals surface area contributed by atoms with Crippen molar-refractivity contribution in [2.75, 3.05) is 26.2 Å². The molecule has 5 nitrogen and oxygen atoms in total. The average molecular weight is 292 g/mol. The van der Waals surface area contributed by atoms with Crippen LogP contribution in [0.4, 0.5) is 0 Å². The minimum Gasteiger partial charge on any atom is -0.480 e. The van der Waals surface area contributed by atoms with Gasteiger partial charge in [0, 0.05) is 13.1 Å². The zero-order chi connectivity index (χ0) is 15.7. The Morgan fingerprint density at radius 3 is 2.29 bits per heavy atom. The normalized spacial score (nSPS) is 10.6. The van der Waals surface area contributed by atoms with Crippen molar-refractivity contribution in [3.05, 3.63) is 35.9 Å². The molecular formula is C16H24N2O3. The number of carboxylic acids is 1. The molecule has 1 amide bonds. The fraction of sp³-hybridized carbons (Fsp3) is 0.500. The quantitative estimate of drug-likeness (QED) is 0.754. The summed E-state index contributed by atoms with van der Waals surface area (Å²) >= 11 is 0. The molecule has 0 fully saturated rings. The zero-order valence-corrected chi connectivity index (χ0v) is 12.8. The molecule has 1 N–H and O–H groups in total. The molecule has 0 aliphatic rings. The molecule has 0 aliphatic carbocycles. The summed E-state index contributed by atoms with van der Waals surface area (Å²) in [5.74, 6) is -0.932. The lowest BCUT2D eigenvalue weighted by molar-refractivity contribution is -0.139. The van der Waals surface area contributed by atoms with Gasteiger partial charge in [-0.15, -0.1) is 0 Å². The van der Waals surface area contributed by atoms with E-state index in [1.807, 2.05) is 44.2 Å². The Bertz CT molecular complexity index is 448. The topological polar surface area (TPSA) is 60.9 Å². The third-order valence-electron chi connectivity index (χ3n) is 3.21. The van der Waals surface area contributed by atoms with Gasteiger partial charge < -0.3 is 10.0 Å². The van der Waals surface area contributed by atoms with Crippen LogP contribution in [0.5, 0.6) is 0 Å². The van der Waals surface area contributed by atoms with Gasteiger partial charge in [-0.25, -0.2) is 0 Å². The second-order valence-electron chi connectivity index (χ2n) is 5.00. The molecule has 0 spiro atoms. The summed E-state index contributed by atoms with van der Waals surface area (Å²) in [6.45, 7) is 5.75. The van der Waals surface area contributed by atoms with Crippen molar-refractivity contribution >= 4 is 11.9 Å². The van der Waals surface area contributed by atoms with E-state index in [2.05, 4.69) is 0 Å². The second-order valence-corrected chi connectivity index (χ2v) is 5.00. The van der Waals surface area contributed by atoms with Crippen molar-refractivity contribution < 1.29 is 14.7 Å². The Morgan fingerprint density at radius 2 is 1.76 bits per heavy atom. The molecule has 21 heavy (non-hydrogen) atoms. The summed E-state index contributed by atoms with van der Waals surface area (Å²) in [7, 11) is 0. The molecule has 0 saturated heterocycles. The lowest BCUT2D eigenvalue weighted by atomic mass is 10.2. The van der Waals surface area contributed by atoms with E-state index >= 15 is 0 Å². The SMILES string of the molecule is CCCN(CC(=O)O)CC(=O)N(CC)Cc1ccccc1. The van der Waals surface area contributed by atoms with Crippen LogP contribution in [0.2, 0.25) is 0 Å². The Morgan fingerprint density at radius 1 is 1.10 bits per heavy atom. The molecular weight excluding hydrogens is 268 g/mol. The summed E-state index contributed by atoms with van der Waals surface area (Å²) in [6.07, 6.45) is 0.825. The van der Waals surface area contributed by atoms with Crippen LogP contribution < -0.4 is 0 Å². The Balaban J connectivity index is 2.62. The third-order valence-corrected chi connectivity index (χ3v) is 3.21. The molecule has 0 bridgehead atoms. The first-order valence-electron chi connectivity index (χ1n) is 7.32. The molecule has 0 atom stereocenters. The maximum absolute atomic E-state index is 12.3. The van der Waals surface area contributed by atoms with E-state index in [-0.39, 0.29) is 19.0 Å². The van der Waals surface area contributed by atoms with Crippen molar-refractivity contribution in [1.29, 1.82) is 0 Å². The highest BCUT2D eigenvalue weighted by Crippen LogP contribution is 2.05. The van der Waals surface area contributed by atoms with E-state index in [9.17, 15) is 9.59 Å². The maximum atomic E-state index is 12.3. The first-order chi connectivity index (χ1) is 10.1. The summed E-state index contributed by atoms with van der Waals surface area (Å²) in [4.78, 5) is 26.6. The summed E-state index contributed by atoms with van der Waals surface area (Å²) in [6, 6.07) is 9.80. The largest absolute Gasteiger partial charge is 0.480 e. The molecule has 0 heterocycles. The lowest BCUT2D eigenvalue weighted by Crippen LogP contribution is -2.42. The fourth-order valence-electron chi connectivity index (χ4n) is 2.19. The molecule has 1 rings (SSSR count). The molecule has 5 heteroatoms. The van der Waals surface area contributed by atoms with Gasteiger partial charge >= 0.3 is 5.97 Å². The van der Waals surface area contributed by atoms with Gasteiger partial charge in [-0.05, 0) is 25.5 Å². The average Bonchev–Trinajstić information content (AvgIpc) is 2.45. The number of nitrogens with zero attached hydrogens (tertiary/aromatic N) is 2. The number of aliphatic carboxylic acids is 1. The molecule has 0 aliphatic heterocycles. The van der Waals surface area contributed by atoms with E-state index in [1.54, 1.807) is 9.80 Å². The third kappa shape index (κ3) is 6.40. The van der Waals surface area contributed by atoms with Gasteiger partial charge in [-0.3, -0.25) is 14.5 Å². The summed E-state index contributed by atoms with van der Waals surface area (Å²) in [5, 5.41) is 8.89. The molecule has 0 radical (unpaired) electrons. The molecule has 0 saturated carbocycles. The van der Waals surface area contributed by atoms with Gasteiger partial charge in [-0.2, -0.15) is 0 Å². The Labute approximate surface area is 126 Å². The number of rotatable bonds is 9. The van der Waals surface area contributed by atoms with E-state index in [4.69, 9.17) is 5.11 Å². The number of benzene rings is 1. The van der Waals surface area contributed by atoms with Crippen molar-refractivity contribution in [3.63, 3.8) is 0 Å². The minimum atomic E-state index is -0.901. The van der Waals surface area contributed by atoms with Gasteiger partial charge in [0.05, 0.1) is 13.1 Å². The monoisotopic (exact) mass is 292 g/mol. The van der Waals surface area contributed by atoms with Crippen LogP contribution in [0, 0.1) is 0 Å². The van der Waals surface area contributed by atoms with E-state index in [0.29, 0.717) is 19.6 Å². The molecule has 1 aromatic rings. The van der Waals surface area contributed by atoms with Gasteiger partial charge in [0.25, 0.3) is 0 Å². The van der Waals surface area contributed by atoms with E-state index in [0.717, 1.165) is 12.0 Å². The smallest absolute Gasteiger partial charge is 0.317 e. The van der Waals surface area contributed by atoms with Crippen LogP contribution in [0.1, 0.15) is 25.8 Å². The number of carbonyl (C=O) groups is 2. The molecule has 0 unspecified atom stereocenters. The number of carbonyl (C=O) groups excluding carboxylic acids is 1. The second kappa shape index (κ2) is 9.13. The van der Waals surface area contributed by atoms with Crippen LogP contribution in [0.15, 0.2) is 30.3 Å². The molecule has 116 valence electrons. The zero-order valence-electron chi connectivity index (χ0n) is 12.8. The van der Waals surface area contributed by atoms with Crippen LogP contribution >= 0.6 is 0 Å². The predicted molar refractivity (Wildman–Crippen MR) is 81.9 cm³/mol. The van der Waals surface area contributed by atoms with Crippen LogP contribution in [0.25, 0.3) is 0 Å². The summed E-state index contributed by atoms with van der Waals surface area (Å²) in [5.41, 5.74) is 1.08. The van der Waals surface area contributed by atoms with E-state index < -0.39 is 5.97 Å². The van der Waals surface area contributed by atoms with E-state index in [1.165, 1.54) is 0 Å². The number of hydrogen-bond acceptors (Lipinski definition) is 3. The van der Waals surface area contributed by atoms with Crippen molar-refractivity contribution in [3.8, 4) is 0 Å².